The van der Waals surface area contributed by atoms with E-state index in [2.05, 4.69) is 0 Å². The molecule has 0 fully saturated rings. The Hall–Kier alpha value is -2.50. The summed E-state index contributed by atoms with van der Waals surface area (Å²) < 4.78 is 11.0. The molecule has 2 heterocycles. The Labute approximate surface area is 122 Å². The van der Waals surface area contributed by atoms with Crippen LogP contribution in [0.4, 0.5) is 5.69 Å². The van der Waals surface area contributed by atoms with E-state index in [1.54, 1.807) is 18.4 Å². The fourth-order valence-corrected chi connectivity index (χ4v) is 2.49. The van der Waals surface area contributed by atoms with E-state index in [1.807, 2.05) is 31.0 Å². The number of benzene rings is 1. The van der Waals surface area contributed by atoms with Crippen LogP contribution in [-0.4, -0.2) is 22.2 Å². The van der Waals surface area contributed by atoms with Crippen molar-refractivity contribution in [1.29, 1.82) is 0 Å². The van der Waals surface area contributed by atoms with Crippen LogP contribution in [0.5, 0.6) is 0 Å². The summed E-state index contributed by atoms with van der Waals surface area (Å²) in [6, 6.07) is 5.15. The highest BCUT2D eigenvalue weighted by molar-refractivity contribution is 5.65. The van der Waals surface area contributed by atoms with Gasteiger partial charge in [-0.25, -0.2) is 0 Å². The largest absolute Gasteiger partial charge is 0.457 e. The van der Waals surface area contributed by atoms with Crippen molar-refractivity contribution in [3.05, 3.63) is 57.7 Å². The smallest absolute Gasteiger partial charge is 0.276 e. The molecular weight excluding hydrogens is 272 g/mol. The number of nitrogens with zero attached hydrogens (tertiary/aromatic N) is 2. The van der Waals surface area contributed by atoms with Crippen molar-refractivity contribution in [2.45, 2.75) is 26.2 Å². The summed E-state index contributed by atoms with van der Waals surface area (Å²) in [4.78, 5) is 12.7. The van der Waals surface area contributed by atoms with Gasteiger partial charge in [-0.05, 0) is 11.6 Å². The van der Waals surface area contributed by atoms with Gasteiger partial charge in [-0.3, -0.25) is 10.1 Å². The maximum Gasteiger partial charge on any atom is 0.276 e. The molecule has 1 aromatic carbocycles. The Bertz CT molecular complexity index is 649. The molecule has 0 saturated carbocycles. The topological polar surface area (TPSA) is 64.8 Å². The first-order valence-corrected chi connectivity index (χ1v) is 6.69. The van der Waals surface area contributed by atoms with E-state index >= 15 is 0 Å². The number of hydrogen-bond acceptors (Lipinski definition) is 5. The maximum absolute atomic E-state index is 11.0. The normalized spacial score (nSPS) is 18.6. The van der Waals surface area contributed by atoms with Crippen molar-refractivity contribution in [1.82, 2.24) is 4.90 Å². The van der Waals surface area contributed by atoms with E-state index in [-0.39, 0.29) is 10.6 Å². The Balaban J connectivity index is 1.75. The summed E-state index contributed by atoms with van der Waals surface area (Å²) in [5, 5.41) is 11.0. The van der Waals surface area contributed by atoms with Crippen LogP contribution in [0.2, 0.25) is 0 Å². The molecule has 1 aromatic rings. The highest BCUT2D eigenvalue weighted by atomic mass is 16.7. The second-order valence-corrected chi connectivity index (χ2v) is 5.53. The van der Waals surface area contributed by atoms with E-state index in [0.29, 0.717) is 18.7 Å². The molecule has 3 rings (SSSR count). The number of rotatable bonds is 3. The summed E-state index contributed by atoms with van der Waals surface area (Å²) in [5.74, 6) is 0.129. The molecule has 110 valence electrons. The van der Waals surface area contributed by atoms with Gasteiger partial charge >= 0.3 is 0 Å². The maximum atomic E-state index is 11.0. The van der Waals surface area contributed by atoms with E-state index in [1.165, 1.54) is 6.07 Å². The molecule has 0 unspecified atom stereocenters. The lowest BCUT2D eigenvalue weighted by Gasteiger charge is -2.26. The van der Waals surface area contributed by atoms with Crippen molar-refractivity contribution in [2.75, 3.05) is 6.54 Å². The minimum Gasteiger partial charge on any atom is -0.457 e. The van der Waals surface area contributed by atoms with Gasteiger partial charge in [0.1, 0.15) is 6.26 Å². The van der Waals surface area contributed by atoms with Gasteiger partial charge in [0.2, 0.25) is 5.79 Å². The number of hydrogen-bond donors (Lipinski definition) is 0. The Morgan fingerprint density at radius 3 is 2.90 bits per heavy atom. The second-order valence-electron chi connectivity index (χ2n) is 5.53. The SMILES string of the molecule is CC1(C)OC=C(CN2C=Cc3c(cccc3[N+](=O)[O-])C2)O1. The lowest BCUT2D eigenvalue weighted by atomic mass is 10.0. The number of nitro groups is 1. The average Bonchev–Trinajstić information content (AvgIpc) is 2.76. The number of ether oxygens (including phenoxy) is 2. The molecule has 0 amide bonds. The van der Waals surface area contributed by atoms with Gasteiger partial charge in [-0.15, -0.1) is 0 Å². The molecule has 0 N–H and O–H groups in total. The number of nitro benzene ring substituents is 1. The zero-order valence-corrected chi connectivity index (χ0v) is 11.9. The van der Waals surface area contributed by atoms with Gasteiger partial charge in [-0.2, -0.15) is 0 Å². The second kappa shape index (κ2) is 4.80. The van der Waals surface area contributed by atoms with Crippen molar-refractivity contribution in [3.63, 3.8) is 0 Å². The predicted octanol–water partition coefficient (Wildman–Crippen LogP) is 3.01. The first-order valence-electron chi connectivity index (χ1n) is 6.69. The van der Waals surface area contributed by atoms with Crippen LogP contribution < -0.4 is 0 Å². The van der Waals surface area contributed by atoms with E-state index in [4.69, 9.17) is 9.47 Å². The molecule has 0 aliphatic carbocycles. The third-order valence-electron chi connectivity index (χ3n) is 3.41. The molecule has 6 heteroatoms. The molecule has 2 aliphatic rings. The molecule has 0 saturated heterocycles. The summed E-state index contributed by atoms with van der Waals surface area (Å²) >= 11 is 0. The van der Waals surface area contributed by atoms with Crippen molar-refractivity contribution in [3.8, 4) is 0 Å². The summed E-state index contributed by atoms with van der Waals surface area (Å²) in [7, 11) is 0. The quantitative estimate of drug-likeness (QED) is 0.632. The molecule has 0 aromatic heterocycles. The first kappa shape index (κ1) is 13.5. The molecule has 0 bridgehead atoms. The lowest BCUT2D eigenvalue weighted by molar-refractivity contribution is -0.385. The van der Waals surface area contributed by atoms with E-state index in [0.717, 1.165) is 11.3 Å². The highest BCUT2D eigenvalue weighted by Gasteiger charge is 2.29. The zero-order chi connectivity index (χ0) is 15.0. The Morgan fingerprint density at radius 1 is 1.43 bits per heavy atom. The molecule has 21 heavy (non-hydrogen) atoms. The minimum absolute atomic E-state index is 0.143. The van der Waals surface area contributed by atoms with Gasteiger partial charge in [0, 0.05) is 32.7 Å². The van der Waals surface area contributed by atoms with Crippen LogP contribution in [0, 0.1) is 10.1 Å². The first-order chi connectivity index (χ1) is 9.94. The van der Waals surface area contributed by atoms with Crippen LogP contribution in [0.15, 0.2) is 36.4 Å². The molecule has 6 nitrogen and oxygen atoms in total. The fourth-order valence-electron chi connectivity index (χ4n) is 2.49. The zero-order valence-electron chi connectivity index (χ0n) is 11.9. The van der Waals surface area contributed by atoms with Crippen molar-refractivity contribution >= 4 is 11.8 Å². The lowest BCUT2D eigenvalue weighted by Crippen LogP contribution is -2.26. The fraction of sp³-hybridized carbons (Fsp3) is 0.333. The number of fused-ring (bicyclic) bond motifs is 1. The monoisotopic (exact) mass is 288 g/mol. The van der Waals surface area contributed by atoms with Gasteiger partial charge in [0.05, 0.1) is 17.0 Å². The van der Waals surface area contributed by atoms with Crippen LogP contribution in [0.1, 0.15) is 25.0 Å². The molecule has 0 spiro atoms. The van der Waals surface area contributed by atoms with Crippen LogP contribution in [-0.2, 0) is 16.0 Å². The third kappa shape index (κ3) is 2.69. The Morgan fingerprint density at radius 2 is 2.24 bits per heavy atom. The predicted molar refractivity (Wildman–Crippen MR) is 76.9 cm³/mol. The van der Waals surface area contributed by atoms with Crippen LogP contribution in [0.3, 0.4) is 0 Å². The van der Waals surface area contributed by atoms with E-state index in [9.17, 15) is 10.1 Å². The summed E-state index contributed by atoms with van der Waals surface area (Å²) in [6.45, 7) is 4.87. The van der Waals surface area contributed by atoms with Crippen molar-refractivity contribution < 1.29 is 14.4 Å². The summed E-state index contributed by atoms with van der Waals surface area (Å²) in [6.07, 6.45) is 5.25. The molecule has 2 aliphatic heterocycles. The minimum atomic E-state index is -0.620. The third-order valence-corrected chi connectivity index (χ3v) is 3.41. The molecular formula is C15H16N2O4. The van der Waals surface area contributed by atoms with Crippen molar-refractivity contribution in [2.24, 2.45) is 0 Å². The average molecular weight is 288 g/mol. The van der Waals surface area contributed by atoms with Gasteiger partial charge < -0.3 is 14.4 Å². The molecule has 0 radical (unpaired) electrons. The van der Waals surface area contributed by atoms with Gasteiger partial charge in [0.25, 0.3) is 5.69 Å². The standard InChI is InChI=1S/C15H16N2O4/c1-15(2)20-10-12(21-15)9-16-7-6-13-11(8-16)4-3-5-14(13)17(18)19/h3-7,10H,8-9H2,1-2H3. The van der Waals surface area contributed by atoms with Crippen LogP contribution in [0.25, 0.3) is 6.08 Å². The highest BCUT2D eigenvalue weighted by Crippen LogP contribution is 2.30. The molecule has 0 atom stereocenters. The van der Waals surface area contributed by atoms with Crippen LogP contribution >= 0.6 is 0 Å². The van der Waals surface area contributed by atoms with E-state index < -0.39 is 5.79 Å². The van der Waals surface area contributed by atoms with Gasteiger partial charge in [-0.1, -0.05) is 12.1 Å². The Kier molecular flexibility index (Phi) is 3.08. The van der Waals surface area contributed by atoms with Gasteiger partial charge in [0.15, 0.2) is 5.76 Å². The summed E-state index contributed by atoms with van der Waals surface area (Å²) in [5.41, 5.74) is 1.76.